The molecule has 0 aromatic heterocycles. The maximum absolute atomic E-state index is 13.4. The van der Waals surface area contributed by atoms with Gasteiger partial charge in [-0.2, -0.15) is 13.1 Å². The number of hydrogen-bond acceptors (Lipinski definition) is 4. The van der Waals surface area contributed by atoms with E-state index in [0.29, 0.717) is 17.7 Å². The van der Waals surface area contributed by atoms with Crippen LogP contribution in [0.2, 0.25) is 0 Å². The monoisotopic (exact) mass is 480 g/mol. The molecule has 9 heteroatoms. The number of alkyl halides is 2. The Labute approximate surface area is 194 Å². The van der Waals surface area contributed by atoms with Crippen molar-refractivity contribution in [3.05, 3.63) is 58.1 Å². The lowest BCUT2D eigenvalue weighted by Crippen LogP contribution is -2.43. The fourth-order valence-electron chi connectivity index (χ4n) is 4.18. The Morgan fingerprint density at radius 3 is 2.12 bits per heavy atom. The van der Waals surface area contributed by atoms with E-state index in [4.69, 9.17) is 0 Å². The molecule has 1 fully saturated rings. The third-order valence-electron chi connectivity index (χ3n) is 6.34. The fourth-order valence-corrected chi connectivity index (χ4v) is 6.22. The third-order valence-corrected chi connectivity index (χ3v) is 8.51. The number of benzene rings is 2. The highest BCUT2D eigenvalue weighted by Gasteiger charge is 2.34. The summed E-state index contributed by atoms with van der Waals surface area (Å²) in [6, 6.07) is 8.07. The van der Waals surface area contributed by atoms with Gasteiger partial charge in [0.15, 0.2) is 0 Å². The highest BCUT2D eigenvalue weighted by molar-refractivity contribution is 7.89. The molecule has 0 saturated carbocycles. The molecule has 1 heterocycles. The van der Waals surface area contributed by atoms with Crippen LogP contribution in [0, 0.1) is 33.6 Å². The van der Waals surface area contributed by atoms with Gasteiger partial charge in [-0.05, 0) is 80.5 Å². The molecule has 0 spiro atoms. The predicted octanol–water partition coefficient (Wildman–Crippen LogP) is 4.24. The van der Waals surface area contributed by atoms with Crippen molar-refractivity contribution < 1.29 is 26.7 Å². The molecule has 1 N–H and O–H groups in total. The van der Waals surface area contributed by atoms with Crippen molar-refractivity contribution in [1.82, 2.24) is 9.62 Å². The van der Waals surface area contributed by atoms with Gasteiger partial charge in [0, 0.05) is 25.6 Å². The van der Waals surface area contributed by atoms with Crippen LogP contribution in [0.5, 0.6) is 5.75 Å². The van der Waals surface area contributed by atoms with Crippen LogP contribution in [-0.4, -0.2) is 38.3 Å². The molecule has 1 aliphatic heterocycles. The first-order valence-corrected chi connectivity index (χ1v) is 12.3. The SMILES string of the molecule is Cc1cc(C)c(C)c(S(=O)(=O)N2CCC(C(=O)NCc3ccc(OC(F)F)cc3)CC2)c1C. The van der Waals surface area contributed by atoms with E-state index in [1.54, 1.807) is 12.1 Å². The Kier molecular flexibility index (Phi) is 7.74. The van der Waals surface area contributed by atoms with Crippen molar-refractivity contribution in [3.63, 3.8) is 0 Å². The first-order chi connectivity index (χ1) is 15.5. The molecule has 0 atom stereocenters. The number of carbonyl (C=O) groups excluding carboxylic acids is 1. The number of rotatable bonds is 7. The second-order valence-electron chi connectivity index (χ2n) is 8.51. The smallest absolute Gasteiger partial charge is 0.387 e. The van der Waals surface area contributed by atoms with E-state index in [1.165, 1.54) is 16.4 Å². The van der Waals surface area contributed by atoms with E-state index in [-0.39, 0.29) is 37.2 Å². The molecule has 3 rings (SSSR count). The number of carbonyl (C=O) groups is 1. The largest absolute Gasteiger partial charge is 0.435 e. The van der Waals surface area contributed by atoms with Crippen molar-refractivity contribution in [1.29, 1.82) is 0 Å². The summed E-state index contributed by atoms with van der Waals surface area (Å²) >= 11 is 0. The summed E-state index contributed by atoms with van der Waals surface area (Å²) in [5.41, 5.74) is 4.18. The Morgan fingerprint density at radius 2 is 1.61 bits per heavy atom. The molecule has 180 valence electrons. The van der Waals surface area contributed by atoms with Crippen molar-refractivity contribution in [3.8, 4) is 5.75 Å². The van der Waals surface area contributed by atoms with E-state index >= 15 is 0 Å². The number of hydrogen-bond donors (Lipinski definition) is 1. The van der Waals surface area contributed by atoms with Gasteiger partial charge in [-0.3, -0.25) is 4.79 Å². The molecule has 6 nitrogen and oxygen atoms in total. The van der Waals surface area contributed by atoms with Crippen LogP contribution in [0.25, 0.3) is 0 Å². The highest BCUT2D eigenvalue weighted by atomic mass is 32.2. The zero-order valence-electron chi connectivity index (χ0n) is 19.3. The Hall–Kier alpha value is -2.52. The lowest BCUT2D eigenvalue weighted by Gasteiger charge is -2.31. The minimum Gasteiger partial charge on any atom is -0.435 e. The maximum atomic E-state index is 13.4. The van der Waals surface area contributed by atoms with Gasteiger partial charge in [0.1, 0.15) is 5.75 Å². The molecule has 2 aromatic rings. The molecule has 33 heavy (non-hydrogen) atoms. The Balaban J connectivity index is 1.59. The molecule has 1 saturated heterocycles. The van der Waals surface area contributed by atoms with Crippen LogP contribution in [-0.2, 0) is 21.4 Å². The zero-order valence-corrected chi connectivity index (χ0v) is 20.1. The van der Waals surface area contributed by atoms with Crippen molar-refractivity contribution in [2.24, 2.45) is 5.92 Å². The quantitative estimate of drug-likeness (QED) is 0.643. The van der Waals surface area contributed by atoms with Gasteiger partial charge >= 0.3 is 6.61 Å². The summed E-state index contributed by atoms with van der Waals surface area (Å²) in [7, 11) is -3.65. The highest BCUT2D eigenvalue weighted by Crippen LogP contribution is 2.31. The van der Waals surface area contributed by atoms with Crippen molar-refractivity contribution >= 4 is 15.9 Å². The average molecular weight is 481 g/mol. The lowest BCUT2D eigenvalue weighted by atomic mass is 9.97. The van der Waals surface area contributed by atoms with Crippen LogP contribution >= 0.6 is 0 Å². The van der Waals surface area contributed by atoms with Gasteiger partial charge in [-0.25, -0.2) is 8.42 Å². The number of nitrogens with zero attached hydrogens (tertiary/aromatic N) is 1. The summed E-state index contributed by atoms with van der Waals surface area (Å²) in [6.07, 6.45) is 0.879. The number of nitrogens with one attached hydrogen (secondary N) is 1. The van der Waals surface area contributed by atoms with Crippen LogP contribution in [0.1, 0.15) is 40.7 Å². The van der Waals surface area contributed by atoms with Gasteiger partial charge in [-0.1, -0.05) is 18.2 Å². The molecule has 1 amide bonds. The summed E-state index contributed by atoms with van der Waals surface area (Å²) in [5.74, 6) is -0.360. The third kappa shape index (κ3) is 5.70. The second kappa shape index (κ2) is 10.2. The minimum atomic E-state index is -3.65. The van der Waals surface area contributed by atoms with Crippen molar-refractivity contribution in [2.45, 2.75) is 58.6 Å². The number of piperidine rings is 1. The van der Waals surface area contributed by atoms with Crippen LogP contribution < -0.4 is 10.1 Å². The minimum absolute atomic E-state index is 0.0583. The van der Waals surface area contributed by atoms with E-state index in [2.05, 4.69) is 10.1 Å². The number of ether oxygens (including phenoxy) is 1. The van der Waals surface area contributed by atoms with Gasteiger partial charge in [0.25, 0.3) is 0 Å². The molecule has 0 unspecified atom stereocenters. The maximum Gasteiger partial charge on any atom is 0.387 e. The molecule has 2 aromatic carbocycles. The first kappa shape index (κ1) is 25.1. The second-order valence-corrected chi connectivity index (χ2v) is 10.4. The van der Waals surface area contributed by atoms with Gasteiger partial charge < -0.3 is 10.1 Å². The summed E-state index contributed by atoms with van der Waals surface area (Å²) < 4.78 is 57.0. The molecule has 0 bridgehead atoms. The molecule has 1 aliphatic rings. The lowest BCUT2D eigenvalue weighted by molar-refractivity contribution is -0.126. The van der Waals surface area contributed by atoms with E-state index < -0.39 is 16.6 Å². The standard InChI is InChI=1S/C24H30F2N2O4S/c1-15-13-16(2)18(4)22(17(15)3)33(30,31)28-11-9-20(10-12-28)23(29)27-14-19-5-7-21(8-6-19)32-24(25)26/h5-8,13,20,24H,9-12,14H2,1-4H3,(H,27,29). The number of sulfonamides is 1. The van der Waals surface area contributed by atoms with Crippen LogP contribution in [0.4, 0.5) is 8.78 Å². The predicted molar refractivity (Wildman–Crippen MR) is 122 cm³/mol. The molecule has 0 radical (unpaired) electrons. The number of halogens is 2. The fraction of sp³-hybridized carbons (Fsp3) is 0.458. The van der Waals surface area contributed by atoms with Crippen LogP contribution in [0.3, 0.4) is 0 Å². The Bertz CT molecular complexity index is 1080. The topological polar surface area (TPSA) is 75.7 Å². The average Bonchev–Trinajstić information content (AvgIpc) is 2.77. The van der Waals surface area contributed by atoms with Crippen LogP contribution in [0.15, 0.2) is 35.2 Å². The number of aryl methyl sites for hydroxylation is 2. The molecular weight excluding hydrogens is 450 g/mol. The summed E-state index contributed by atoms with van der Waals surface area (Å²) in [4.78, 5) is 13.0. The summed E-state index contributed by atoms with van der Waals surface area (Å²) in [6.45, 7) is 5.44. The first-order valence-electron chi connectivity index (χ1n) is 10.9. The number of amides is 1. The van der Waals surface area contributed by atoms with E-state index in [9.17, 15) is 22.0 Å². The molecule has 0 aliphatic carbocycles. The van der Waals surface area contributed by atoms with Crippen molar-refractivity contribution in [2.75, 3.05) is 13.1 Å². The summed E-state index contributed by atoms with van der Waals surface area (Å²) in [5, 5.41) is 2.85. The normalized spacial score (nSPS) is 15.6. The Morgan fingerprint density at radius 1 is 1.06 bits per heavy atom. The van der Waals surface area contributed by atoms with E-state index in [1.807, 2.05) is 33.8 Å². The van der Waals surface area contributed by atoms with Gasteiger partial charge in [0.2, 0.25) is 15.9 Å². The van der Waals surface area contributed by atoms with E-state index in [0.717, 1.165) is 27.8 Å². The zero-order chi connectivity index (χ0) is 24.3. The molecular formula is C24H30F2N2O4S. The van der Waals surface area contributed by atoms with Gasteiger partial charge in [0.05, 0.1) is 4.90 Å². The van der Waals surface area contributed by atoms with Gasteiger partial charge in [-0.15, -0.1) is 0 Å².